The van der Waals surface area contributed by atoms with Gasteiger partial charge in [0.1, 0.15) is 30.7 Å². The lowest BCUT2D eigenvalue weighted by Crippen LogP contribution is -2.65. The molecule has 13 nitrogen and oxygen atoms in total. The summed E-state index contributed by atoms with van der Waals surface area (Å²) < 4.78 is 30.8. The molecule has 0 saturated carbocycles. The van der Waals surface area contributed by atoms with Crippen molar-refractivity contribution < 1.29 is 58.5 Å². The van der Waals surface area contributed by atoms with Gasteiger partial charge in [0.25, 0.3) is 0 Å². The van der Waals surface area contributed by atoms with E-state index in [1.54, 1.807) is 52.8 Å². The zero-order chi connectivity index (χ0) is 38.4. The van der Waals surface area contributed by atoms with E-state index in [-0.39, 0.29) is 37.4 Å². The molecule has 4 N–H and O–H groups in total. The summed E-state index contributed by atoms with van der Waals surface area (Å²) in [6, 6.07) is -0.699. The third-order valence-corrected chi connectivity index (χ3v) is 10.8. The fourth-order valence-corrected chi connectivity index (χ4v) is 7.67. The van der Waals surface area contributed by atoms with Gasteiger partial charge in [0.05, 0.1) is 42.5 Å². The molecule has 0 bridgehead atoms. The third-order valence-electron chi connectivity index (χ3n) is 10.8. The van der Waals surface area contributed by atoms with Crippen LogP contribution in [0.4, 0.5) is 0 Å². The molecule has 3 aliphatic heterocycles. The number of cyclic esters (lactones) is 1. The quantitative estimate of drug-likeness (QED) is 0.212. The van der Waals surface area contributed by atoms with E-state index < -0.39 is 96.8 Å². The minimum Gasteiger partial charge on any atom is -0.462 e. The van der Waals surface area contributed by atoms with Crippen LogP contribution >= 0.6 is 0 Å². The number of hydrogen-bond acceptors (Lipinski definition) is 13. The van der Waals surface area contributed by atoms with E-state index in [4.69, 9.17) is 23.7 Å². The Bertz CT molecular complexity index is 1220. The second kappa shape index (κ2) is 18.8. The first-order chi connectivity index (χ1) is 23.8. The smallest absolute Gasteiger partial charge is 0.308 e. The molecule has 292 valence electrons. The minimum atomic E-state index is -1.46. The van der Waals surface area contributed by atoms with Gasteiger partial charge in [-0.3, -0.25) is 9.59 Å². The Morgan fingerprint density at radius 1 is 1.00 bits per heavy atom. The number of carbonyl (C=O) groups excluding carboxylic acids is 3. The van der Waals surface area contributed by atoms with E-state index in [1.165, 1.54) is 13.0 Å². The van der Waals surface area contributed by atoms with Gasteiger partial charge in [0.2, 0.25) is 0 Å². The zero-order valence-electron chi connectivity index (χ0n) is 32.0. The molecule has 2 saturated heterocycles. The number of allylic oxidation sites excluding steroid dienone is 3. The van der Waals surface area contributed by atoms with Gasteiger partial charge in [0.15, 0.2) is 18.4 Å². The van der Waals surface area contributed by atoms with Crippen LogP contribution in [0.25, 0.3) is 0 Å². The van der Waals surface area contributed by atoms with E-state index in [9.17, 15) is 34.8 Å². The SMILES string of the molecule is CC[C@H]1OC(=O)C[C@@H](O)[C@H](C)[C@@H](OC2OC(C)C(OC3CC(C)(O)C(O)C(C)O3)C(N(C)C)C2O)[C@@H](CC=O)C[C@@H](C)C(=O)/C=C/C(C)=C/[C@@H]1C. The number of aliphatic hydroxyl groups is 4. The largest absolute Gasteiger partial charge is 0.462 e. The molecule has 0 aliphatic carbocycles. The van der Waals surface area contributed by atoms with Gasteiger partial charge in [-0.05, 0) is 66.6 Å². The number of hydrogen-bond donors (Lipinski definition) is 4. The Morgan fingerprint density at radius 2 is 1.67 bits per heavy atom. The molecule has 0 spiro atoms. The average Bonchev–Trinajstić information content (AvgIpc) is 3.04. The molecule has 51 heavy (non-hydrogen) atoms. The zero-order valence-corrected chi connectivity index (χ0v) is 32.0. The van der Waals surface area contributed by atoms with Gasteiger partial charge in [-0.15, -0.1) is 0 Å². The number of ether oxygens (including phenoxy) is 5. The predicted molar refractivity (Wildman–Crippen MR) is 188 cm³/mol. The Kier molecular flexibility index (Phi) is 16.0. The average molecular weight is 726 g/mol. The van der Waals surface area contributed by atoms with Crippen molar-refractivity contribution in [3.63, 3.8) is 0 Å². The number of aldehydes is 1. The van der Waals surface area contributed by atoms with Gasteiger partial charge < -0.3 is 53.8 Å². The third kappa shape index (κ3) is 11.2. The van der Waals surface area contributed by atoms with Crippen LogP contribution in [-0.4, -0.2) is 131 Å². The number of aliphatic hydroxyl groups excluding tert-OH is 3. The monoisotopic (exact) mass is 725 g/mol. The van der Waals surface area contributed by atoms with Crippen LogP contribution in [0.5, 0.6) is 0 Å². The Labute approximate surface area is 303 Å². The highest BCUT2D eigenvalue weighted by Gasteiger charge is 2.51. The number of ketones is 1. The van der Waals surface area contributed by atoms with Gasteiger partial charge in [-0.2, -0.15) is 0 Å². The van der Waals surface area contributed by atoms with Crippen molar-refractivity contribution in [2.24, 2.45) is 23.7 Å². The topological polar surface area (TPSA) is 182 Å². The summed E-state index contributed by atoms with van der Waals surface area (Å²) in [6.45, 7) is 14.1. The highest BCUT2D eigenvalue weighted by Crippen LogP contribution is 2.37. The summed E-state index contributed by atoms with van der Waals surface area (Å²) in [5.41, 5.74) is -0.619. The lowest BCUT2D eigenvalue weighted by molar-refractivity contribution is -0.341. The summed E-state index contributed by atoms with van der Waals surface area (Å²) in [5, 5.41) is 44.4. The summed E-state index contributed by atoms with van der Waals surface area (Å²) in [5.74, 6) is -2.69. The molecule has 0 aromatic heterocycles. The number of likely N-dealkylation sites (N-methyl/N-ethyl adjacent to an activating group) is 1. The molecular weight excluding hydrogens is 662 g/mol. The maximum atomic E-state index is 13.3. The molecule has 0 amide bonds. The second-order valence-electron chi connectivity index (χ2n) is 15.5. The van der Waals surface area contributed by atoms with Gasteiger partial charge in [0, 0.05) is 30.6 Å². The van der Waals surface area contributed by atoms with Crippen LogP contribution in [-0.2, 0) is 38.1 Å². The Balaban J connectivity index is 1.95. The molecule has 16 atom stereocenters. The van der Waals surface area contributed by atoms with E-state index in [0.717, 1.165) is 11.9 Å². The predicted octanol–water partition coefficient (Wildman–Crippen LogP) is 2.70. The molecule has 2 fully saturated rings. The number of esters is 1. The van der Waals surface area contributed by atoms with Crippen molar-refractivity contribution in [2.75, 3.05) is 14.1 Å². The highest BCUT2D eigenvalue weighted by molar-refractivity contribution is 5.91. The molecule has 3 rings (SSSR count). The van der Waals surface area contributed by atoms with E-state index in [0.29, 0.717) is 6.42 Å². The van der Waals surface area contributed by atoms with Crippen LogP contribution in [0.15, 0.2) is 23.8 Å². The van der Waals surface area contributed by atoms with Crippen LogP contribution in [0.2, 0.25) is 0 Å². The number of carbonyl (C=O) groups is 3. The maximum Gasteiger partial charge on any atom is 0.308 e. The molecule has 13 heteroatoms. The molecular formula is C38H63NO12. The van der Waals surface area contributed by atoms with Crippen molar-refractivity contribution in [1.29, 1.82) is 0 Å². The van der Waals surface area contributed by atoms with Crippen LogP contribution in [0.3, 0.4) is 0 Å². The van der Waals surface area contributed by atoms with Crippen molar-refractivity contribution in [3.8, 4) is 0 Å². The summed E-state index contributed by atoms with van der Waals surface area (Å²) in [6.07, 6.45) is -2.93. The first-order valence-electron chi connectivity index (χ1n) is 18.4. The number of rotatable bonds is 8. The van der Waals surface area contributed by atoms with E-state index in [2.05, 4.69) is 0 Å². The Morgan fingerprint density at radius 3 is 2.25 bits per heavy atom. The van der Waals surface area contributed by atoms with Crippen molar-refractivity contribution in [1.82, 2.24) is 4.90 Å². The summed E-state index contributed by atoms with van der Waals surface area (Å²) >= 11 is 0. The van der Waals surface area contributed by atoms with Crippen LogP contribution in [0.1, 0.15) is 87.5 Å². The first kappa shape index (κ1) is 43.3. The van der Waals surface area contributed by atoms with E-state index in [1.807, 2.05) is 26.8 Å². The van der Waals surface area contributed by atoms with Gasteiger partial charge >= 0.3 is 5.97 Å². The lowest BCUT2D eigenvalue weighted by atomic mass is 9.79. The van der Waals surface area contributed by atoms with Crippen molar-refractivity contribution >= 4 is 18.0 Å². The van der Waals surface area contributed by atoms with Crippen LogP contribution in [0, 0.1) is 23.7 Å². The fraction of sp³-hybridized carbons (Fsp3) is 0.816. The molecule has 3 aliphatic rings. The highest BCUT2D eigenvalue weighted by atomic mass is 16.7. The molecule has 3 heterocycles. The van der Waals surface area contributed by atoms with Gasteiger partial charge in [-0.25, -0.2) is 0 Å². The molecule has 0 aromatic carbocycles. The fourth-order valence-electron chi connectivity index (χ4n) is 7.67. The summed E-state index contributed by atoms with van der Waals surface area (Å²) in [7, 11) is 3.54. The summed E-state index contributed by atoms with van der Waals surface area (Å²) in [4.78, 5) is 40.3. The lowest BCUT2D eigenvalue weighted by Gasteiger charge is -2.50. The molecule has 0 aromatic rings. The van der Waals surface area contributed by atoms with Crippen LogP contribution < -0.4 is 0 Å². The first-order valence-corrected chi connectivity index (χ1v) is 18.4. The molecule has 0 radical (unpaired) electrons. The number of nitrogens with zero attached hydrogens (tertiary/aromatic N) is 1. The Hall–Kier alpha value is -2.07. The second-order valence-corrected chi connectivity index (χ2v) is 15.5. The standard InChI is InChI=1S/C38H63NO12/c1-11-29-22(4)16-20(2)12-13-27(41)21(3)17-26(14-15-40)34(23(5)28(42)18-30(43)49-29)51-37-33(44)32(39(9)10)35(24(6)48-37)50-31-19-38(8,46)36(45)25(7)47-31/h12-13,15-16,21-26,28-29,31-37,42,44-46H,11,14,17-19H2,1-10H3/b13-12+,20-16+/t21-,22+,23+,24?,25?,26+,28-,29-,31?,32?,33?,34-,35?,36?,37?,38?/m1/s1. The normalized spacial score (nSPS) is 45.5. The minimum absolute atomic E-state index is 0.00788. The van der Waals surface area contributed by atoms with E-state index >= 15 is 0 Å². The molecule has 9 unspecified atom stereocenters. The van der Waals surface area contributed by atoms with Gasteiger partial charge in [-0.1, -0.05) is 45.4 Å². The maximum absolute atomic E-state index is 13.3. The van der Waals surface area contributed by atoms with Crippen molar-refractivity contribution in [3.05, 3.63) is 23.8 Å². The van der Waals surface area contributed by atoms with Crippen molar-refractivity contribution in [2.45, 2.75) is 161 Å².